The van der Waals surface area contributed by atoms with Gasteiger partial charge >= 0.3 is 19.8 Å². The Labute approximate surface area is 346 Å². The van der Waals surface area contributed by atoms with Gasteiger partial charge in [0.2, 0.25) is 0 Å². The third kappa shape index (κ3) is 45.7. The number of ether oxygens (including phenoxy) is 2. The first kappa shape index (κ1) is 55.0. The minimum atomic E-state index is -4.75. The molecule has 0 aliphatic carbocycles. The van der Waals surface area contributed by atoms with Crippen molar-refractivity contribution >= 4 is 19.8 Å². The number of hydrogen-bond donors (Lipinski definition) is 2. The monoisotopic (exact) mass is 817 g/mol. The zero-order valence-corrected chi connectivity index (χ0v) is 38.0. The molecule has 2 N–H and O–H groups in total. The van der Waals surface area contributed by atoms with Crippen LogP contribution in [0.4, 0.5) is 0 Å². The van der Waals surface area contributed by atoms with Gasteiger partial charge in [-0.15, -0.1) is 0 Å². The lowest BCUT2D eigenvalue weighted by Crippen LogP contribution is -2.29. The molecule has 0 rings (SSSR count). The van der Waals surface area contributed by atoms with Crippen molar-refractivity contribution in [3.8, 4) is 0 Å². The summed E-state index contributed by atoms with van der Waals surface area (Å²) < 4.78 is 26.5. The molecule has 334 valence electrons. The molecule has 0 fully saturated rings. The van der Waals surface area contributed by atoms with Crippen LogP contribution in [0.3, 0.4) is 0 Å². The molecular formula is C47H93O8P. The van der Waals surface area contributed by atoms with E-state index in [2.05, 4.69) is 18.4 Å². The number of phosphoric acid groups is 1. The third-order valence-electron chi connectivity index (χ3n) is 11.1. The Hall–Kier alpha value is -0.950. The molecule has 0 aliphatic heterocycles. The molecule has 8 nitrogen and oxygen atoms in total. The minimum absolute atomic E-state index is 0.221. The maximum absolute atomic E-state index is 12.5. The van der Waals surface area contributed by atoms with Crippen molar-refractivity contribution in [2.75, 3.05) is 13.2 Å². The fraction of sp³-hybridized carbons (Fsp3) is 0.957. The highest BCUT2D eigenvalue weighted by Gasteiger charge is 2.23. The van der Waals surface area contributed by atoms with Gasteiger partial charge in [-0.25, -0.2) is 4.57 Å². The van der Waals surface area contributed by atoms with Crippen molar-refractivity contribution in [2.45, 2.75) is 277 Å². The average Bonchev–Trinajstić information content (AvgIpc) is 3.17. The van der Waals surface area contributed by atoms with Crippen molar-refractivity contribution in [2.24, 2.45) is 0 Å². The second kappa shape index (κ2) is 43.6. The first-order valence-electron chi connectivity index (χ1n) is 24.3. The number of unbranched alkanes of at least 4 members (excludes halogenated alkanes) is 36. The standard InChI is InChI=1S/C47H93O8P/c1-3-5-7-9-11-13-15-17-19-21-22-23-24-25-26-28-30-32-34-36-38-40-42-47(49)55-45(44-54-56(50,51)52)43-53-46(48)41-39-37-35-33-31-29-27-20-18-16-14-12-10-8-6-4-2/h45H,3-44H2,1-2H3,(H2,50,51,52). The van der Waals surface area contributed by atoms with E-state index >= 15 is 0 Å². The van der Waals surface area contributed by atoms with Crippen molar-refractivity contribution < 1.29 is 37.9 Å². The van der Waals surface area contributed by atoms with Crippen molar-refractivity contribution in [3.05, 3.63) is 0 Å². The lowest BCUT2D eigenvalue weighted by Gasteiger charge is -2.18. The highest BCUT2D eigenvalue weighted by atomic mass is 31.2. The Bertz CT molecular complexity index is 878. The van der Waals surface area contributed by atoms with Gasteiger partial charge in [-0.1, -0.05) is 245 Å². The first-order valence-corrected chi connectivity index (χ1v) is 25.9. The molecule has 0 saturated carbocycles. The molecule has 0 aliphatic rings. The molecule has 0 bridgehead atoms. The number of hydrogen-bond acceptors (Lipinski definition) is 6. The predicted molar refractivity (Wildman–Crippen MR) is 235 cm³/mol. The molecule has 0 spiro atoms. The molecule has 9 heteroatoms. The molecule has 0 aromatic carbocycles. The van der Waals surface area contributed by atoms with E-state index in [9.17, 15) is 14.2 Å². The fourth-order valence-electron chi connectivity index (χ4n) is 7.49. The normalized spacial score (nSPS) is 12.3. The van der Waals surface area contributed by atoms with Gasteiger partial charge in [0.25, 0.3) is 0 Å². The van der Waals surface area contributed by atoms with Gasteiger partial charge in [0.05, 0.1) is 6.61 Å². The van der Waals surface area contributed by atoms with Crippen LogP contribution in [0.5, 0.6) is 0 Å². The van der Waals surface area contributed by atoms with E-state index < -0.39 is 32.5 Å². The van der Waals surface area contributed by atoms with Crippen LogP contribution in [-0.4, -0.2) is 41.0 Å². The Kier molecular flexibility index (Phi) is 42.9. The minimum Gasteiger partial charge on any atom is -0.462 e. The summed E-state index contributed by atoms with van der Waals surface area (Å²) in [5.74, 6) is -0.862. The summed E-state index contributed by atoms with van der Waals surface area (Å²) in [6.07, 6.45) is 48.3. The van der Waals surface area contributed by atoms with Crippen LogP contribution in [0.1, 0.15) is 271 Å². The largest absolute Gasteiger partial charge is 0.469 e. The molecule has 1 unspecified atom stereocenters. The van der Waals surface area contributed by atoms with E-state index in [0.29, 0.717) is 6.42 Å². The third-order valence-corrected chi connectivity index (χ3v) is 11.6. The van der Waals surface area contributed by atoms with Crippen LogP contribution in [0, 0.1) is 0 Å². The van der Waals surface area contributed by atoms with Crippen molar-refractivity contribution in [3.63, 3.8) is 0 Å². The number of carbonyl (C=O) groups is 2. The van der Waals surface area contributed by atoms with Gasteiger partial charge in [0.15, 0.2) is 6.10 Å². The van der Waals surface area contributed by atoms with Gasteiger partial charge in [0.1, 0.15) is 6.61 Å². The topological polar surface area (TPSA) is 119 Å². The van der Waals surface area contributed by atoms with Crippen LogP contribution in [0.15, 0.2) is 0 Å². The molecule has 1 atom stereocenters. The average molecular weight is 817 g/mol. The van der Waals surface area contributed by atoms with E-state index in [0.717, 1.165) is 32.1 Å². The zero-order valence-electron chi connectivity index (χ0n) is 37.1. The summed E-state index contributed by atoms with van der Waals surface area (Å²) in [7, 11) is -4.75. The smallest absolute Gasteiger partial charge is 0.462 e. The van der Waals surface area contributed by atoms with E-state index in [-0.39, 0.29) is 19.4 Å². The summed E-state index contributed by atoms with van der Waals surface area (Å²) in [4.78, 5) is 43.0. The van der Waals surface area contributed by atoms with Crippen molar-refractivity contribution in [1.82, 2.24) is 0 Å². The Balaban J connectivity index is 3.77. The van der Waals surface area contributed by atoms with E-state index in [4.69, 9.17) is 19.3 Å². The SMILES string of the molecule is CCCCCCCCCCCCCCCCCCCCCCCCC(=O)OC(COC(=O)CCCCCCCCCCCCCCCCCC)COP(=O)(O)O. The molecule has 0 radical (unpaired) electrons. The molecule has 0 amide bonds. The highest BCUT2D eigenvalue weighted by Crippen LogP contribution is 2.36. The summed E-state index contributed by atoms with van der Waals surface area (Å²) >= 11 is 0. The molecule has 0 saturated heterocycles. The predicted octanol–water partition coefficient (Wildman–Crippen LogP) is 15.2. The highest BCUT2D eigenvalue weighted by molar-refractivity contribution is 7.46. The van der Waals surface area contributed by atoms with Gasteiger partial charge in [0, 0.05) is 12.8 Å². The molecule has 0 aromatic heterocycles. The number of esters is 2. The van der Waals surface area contributed by atoms with Crippen LogP contribution in [0.25, 0.3) is 0 Å². The summed E-state index contributed by atoms with van der Waals surface area (Å²) in [5, 5.41) is 0. The molecular weight excluding hydrogens is 723 g/mol. The summed E-state index contributed by atoms with van der Waals surface area (Å²) in [5.41, 5.74) is 0. The second-order valence-corrected chi connectivity index (χ2v) is 18.0. The van der Waals surface area contributed by atoms with Gasteiger partial charge in [-0.2, -0.15) is 0 Å². The molecule has 56 heavy (non-hydrogen) atoms. The Morgan fingerprint density at radius 1 is 0.393 bits per heavy atom. The molecule has 0 aromatic rings. The summed E-state index contributed by atoms with van der Waals surface area (Å²) in [6, 6.07) is 0. The lowest BCUT2D eigenvalue weighted by atomic mass is 10.0. The van der Waals surface area contributed by atoms with Gasteiger partial charge in [-0.3, -0.25) is 14.1 Å². The van der Waals surface area contributed by atoms with Crippen LogP contribution >= 0.6 is 7.82 Å². The zero-order chi connectivity index (χ0) is 41.1. The quantitative estimate of drug-likeness (QED) is 0.0354. The van der Waals surface area contributed by atoms with E-state index in [1.54, 1.807) is 0 Å². The Morgan fingerprint density at radius 3 is 0.911 bits per heavy atom. The number of rotatable bonds is 46. The Morgan fingerprint density at radius 2 is 0.643 bits per heavy atom. The van der Waals surface area contributed by atoms with Gasteiger partial charge < -0.3 is 19.3 Å². The summed E-state index contributed by atoms with van der Waals surface area (Å²) in [6.45, 7) is 3.74. The van der Waals surface area contributed by atoms with Crippen LogP contribution < -0.4 is 0 Å². The lowest BCUT2D eigenvalue weighted by molar-refractivity contribution is -0.161. The first-order chi connectivity index (χ1) is 27.3. The maximum Gasteiger partial charge on any atom is 0.469 e. The van der Waals surface area contributed by atoms with E-state index in [1.165, 1.54) is 205 Å². The van der Waals surface area contributed by atoms with Crippen LogP contribution in [-0.2, 0) is 28.2 Å². The van der Waals surface area contributed by atoms with Crippen molar-refractivity contribution in [1.29, 1.82) is 0 Å². The fourth-order valence-corrected chi connectivity index (χ4v) is 7.86. The maximum atomic E-state index is 12.5. The van der Waals surface area contributed by atoms with Gasteiger partial charge in [-0.05, 0) is 12.8 Å². The molecule has 0 heterocycles. The van der Waals surface area contributed by atoms with Crippen LogP contribution in [0.2, 0.25) is 0 Å². The number of carbonyl (C=O) groups excluding carboxylic acids is 2. The second-order valence-electron chi connectivity index (χ2n) is 16.8. The number of phosphoric ester groups is 1. The van der Waals surface area contributed by atoms with E-state index in [1.807, 2.05) is 0 Å².